The van der Waals surface area contributed by atoms with Gasteiger partial charge >= 0.3 is 0 Å². The van der Waals surface area contributed by atoms with Crippen molar-refractivity contribution < 1.29 is 0 Å². The maximum absolute atomic E-state index is 4.61. The van der Waals surface area contributed by atoms with E-state index in [2.05, 4.69) is 25.4 Å². The third-order valence-corrected chi connectivity index (χ3v) is 3.42. The Hall–Kier alpha value is -1.75. The summed E-state index contributed by atoms with van der Waals surface area (Å²) in [6.07, 6.45) is 2.39. The minimum atomic E-state index is 0.484. The van der Waals surface area contributed by atoms with Crippen molar-refractivity contribution in [2.75, 3.05) is 25.0 Å². The number of hydrogen-bond acceptors (Lipinski definition) is 5. The maximum Gasteiger partial charge on any atom is 0.246 e. The summed E-state index contributed by atoms with van der Waals surface area (Å²) in [7, 11) is 1.98. The summed E-state index contributed by atoms with van der Waals surface area (Å²) in [6.45, 7) is 1.99. The second-order valence-corrected chi connectivity index (χ2v) is 4.65. The minimum absolute atomic E-state index is 0.484. The van der Waals surface area contributed by atoms with Crippen LogP contribution in [0.1, 0.15) is 12.8 Å². The zero-order valence-corrected chi connectivity index (χ0v) is 10.5. The summed E-state index contributed by atoms with van der Waals surface area (Å²) in [5.41, 5.74) is 1.77. The average molecular weight is 243 g/mol. The topological polar surface area (TPSA) is 53.9 Å². The highest BCUT2D eigenvalue weighted by molar-refractivity contribution is 5.74. The fraction of sp³-hybridized carbons (Fsp3) is 0.462. The van der Waals surface area contributed by atoms with Crippen LogP contribution in [0, 0.1) is 0 Å². The van der Waals surface area contributed by atoms with Crippen molar-refractivity contribution >= 4 is 17.0 Å². The van der Waals surface area contributed by atoms with Gasteiger partial charge in [-0.2, -0.15) is 0 Å². The van der Waals surface area contributed by atoms with Crippen LogP contribution in [0.25, 0.3) is 11.0 Å². The molecule has 1 aliphatic heterocycles. The van der Waals surface area contributed by atoms with Crippen molar-refractivity contribution in [2.45, 2.75) is 18.9 Å². The molecule has 1 saturated heterocycles. The first-order valence-corrected chi connectivity index (χ1v) is 6.39. The molecule has 0 spiro atoms. The molecule has 1 aromatic carbocycles. The van der Waals surface area contributed by atoms with Crippen molar-refractivity contribution in [3.63, 3.8) is 0 Å². The standard InChI is InChI=1S/C13H17N5/c1-14-9-10-5-4-8-18(10)13-15-11-6-2-3-7-12(11)16-17-13/h2-3,6-7,10,14H,4-5,8-9H2,1H3. The van der Waals surface area contributed by atoms with Crippen LogP contribution >= 0.6 is 0 Å². The number of nitrogens with zero attached hydrogens (tertiary/aromatic N) is 4. The number of para-hydroxylation sites is 1. The Balaban J connectivity index is 1.93. The fourth-order valence-electron chi connectivity index (χ4n) is 2.54. The lowest BCUT2D eigenvalue weighted by Gasteiger charge is -2.23. The van der Waals surface area contributed by atoms with Crippen LogP contribution in [0.4, 0.5) is 5.95 Å². The molecule has 2 heterocycles. The summed E-state index contributed by atoms with van der Waals surface area (Å²) in [5.74, 6) is 0.756. The van der Waals surface area contributed by atoms with Gasteiger partial charge in [-0.15, -0.1) is 10.2 Å². The smallest absolute Gasteiger partial charge is 0.246 e. The molecule has 1 aromatic heterocycles. The van der Waals surface area contributed by atoms with Gasteiger partial charge in [0, 0.05) is 19.1 Å². The molecule has 1 fully saturated rings. The van der Waals surface area contributed by atoms with E-state index < -0.39 is 0 Å². The molecule has 1 atom stereocenters. The second-order valence-electron chi connectivity index (χ2n) is 4.65. The van der Waals surface area contributed by atoms with Crippen LogP contribution in [0.2, 0.25) is 0 Å². The molecule has 0 aliphatic carbocycles. The number of fused-ring (bicyclic) bond motifs is 1. The quantitative estimate of drug-likeness (QED) is 0.878. The first-order chi connectivity index (χ1) is 8.88. The average Bonchev–Trinajstić information content (AvgIpc) is 2.87. The van der Waals surface area contributed by atoms with E-state index in [-0.39, 0.29) is 0 Å². The van der Waals surface area contributed by atoms with Crippen LogP contribution in [0.5, 0.6) is 0 Å². The van der Waals surface area contributed by atoms with E-state index in [9.17, 15) is 0 Å². The highest BCUT2D eigenvalue weighted by Crippen LogP contribution is 2.22. The Morgan fingerprint density at radius 3 is 2.94 bits per heavy atom. The molecule has 94 valence electrons. The molecular weight excluding hydrogens is 226 g/mol. The van der Waals surface area contributed by atoms with E-state index in [1.165, 1.54) is 12.8 Å². The van der Waals surface area contributed by atoms with Crippen molar-refractivity contribution in [2.24, 2.45) is 0 Å². The highest BCUT2D eigenvalue weighted by Gasteiger charge is 2.26. The Morgan fingerprint density at radius 1 is 1.28 bits per heavy atom. The number of hydrogen-bond donors (Lipinski definition) is 1. The molecule has 0 radical (unpaired) electrons. The Labute approximate surface area is 106 Å². The van der Waals surface area contributed by atoms with Gasteiger partial charge in [0.25, 0.3) is 0 Å². The first-order valence-electron chi connectivity index (χ1n) is 6.39. The zero-order valence-electron chi connectivity index (χ0n) is 10.5. The fourth-order valence-corrected chi connectivity index (χ4v) is 2.54. The molecule has 1 N–H and O–H groups in total. The lowest BCUT2D eigenvalue weighted by molar-refractivity contribution is 0.605. The number of aromatic nitrogens is 3. The Bertz CT molecular complexity index is 542. The Kier molecular flexibility index (Phi) is 3.06. The van der Waals surface area contributed by atoms with Crippen molar-refractivity contribution in [1.82, 2.24) is 20.5 Å². The first kappa shape index (κ1) is 11.3. The van der Waals surface area contributed by atoms with E-state index in [0.29, 0.717) is 6.04 Å². The molecule has 0 bridgehead atoms. The highest BCUT2D eigenvalue weighted by atomic mass is 15.3. The van der Waals surface area contributed by atoms with Crippen LogP contribution in [0.3, 0.4) is 0 Å². The third kappa shape index (κ3) is 2.01. The van der Waals surface area contributed by atoms with Gasteiger partial charge in [0.05, 0.1) is 5.52 Å². The van der Waals surface area contributed by atoms with Crippen molar-refractivity contribution in [3.05, 3.63) is 24.3 Å². The molecule has 1 unspecified atom stereocenters. The molecule has 2 aromatic rings. The number of rotatable bonds is 3. The SMILES string of the molecule is CNCC1CCCN1c1nnc2ccccc2n1. The van der Waals surface area contributed by atoms with Crippen molar-refractivity contribution in [1.29, 1.82) is 0 Å². The van der Waals surface area contributed by atoms with Crippen LogP contribution in [-0.4, -0.2) is 41.4 Å². The van der Waals surface area contributed by atoms with Crippen molar-refractivity contribution in [3.8, 4) is 0 Å². The van der Waals surface area contributed by atoms with Gasteiger partial charge in [-0.05, 0) is 32.0 Å². The van der Waals surface area contributed by atoms with Gasteiger partial charge < -0.3 is 10.2 Å². The van der Waals surface area contributed by atoms with E-state index in [4.69, 9.17) is 0 Å². The molecular formula is C13H17N5. The summed E-state index contributed by atoms with van der Waals surface area (Å²) < 4.78 is 0. The molecule has 3 rings (SSSR count). The number of likely N-dealkylation sites (N-methyl/N-ethyl adjacent to an activating group) is 1. The Morgan fingerprint density at radius 2 is 2.11 bits per heavy atom. The molecule has 5 nitrogen and oxygen atoms in total. The number of benzene rings is 1. The predicted octanol–water partition coefficient (Wildman–Crippen LogP) is 1.21. The molecule has 0 saturated carbocycles. The number of anilines is 1. The predicted molar refractivity (Wildman–Crippen MR) is 71.6 cm³/mol. The van der Waals surface area contributed by atoms with Gasteiger partial charge in [-0.25, -0.2) is 4.98 Å². The molecule has 0 amide bonds. The second kappa shape index (κ2) is 4.86. The summed E-state index contributed by atoms with van der Waals surface area (Å²) in [5, 5.41) is 11.7. The lowest BCUT2D eigenvalue weighted by atomic mass is 10.2. The summed E-state index contributed by atoms with van der Waals surface area (Å²) in [4.78, 5) is 6.87. The summed E-state index contributed by atoms with van der Waals surface area (Å²) in [6, 6.07) is 8.34. The van der Waals surface area contributed by atoms with Crippen LogP contribution in [-0.2, 0) is 0 Å². The van der Waals surface area contributed by atoms with Gasteiger partial charge in [-0.3, -0.25) is 0 Å². The largest absolute Gasteiger partial charge is 0.335 e. The van der Waals surface area contributed by atoms with Gasteiger partial charge in [0.1, 0.15) is 5.52 Å². The number of nitrogens with one attached hydrogen (secondary N) is 1. The maximum atomic E-state index is 4.61. The van der Waals surface area contributed by atoms with Crippen LogP contribution in [0.15, 0.2) is 24.3 Å². The molecule has 5 heteroatoms. The van der Waals surface area contributed by atoms with E-state index in [1.54, 1.807) is 0 Å². The van der Waals surface area contributed by atoms with E-state index >= 15 is 0 Å². The van der Waals surface area contributed by atoms with E-state index in [0.717, 1.165) is 30.1 Å². The summed E-state index contributed by atoms with van der Waals surface area (Å²) >= 11 is 0. The lowest BCUT2D eigenvalue weighted by Crippen LogP contribution is -2.37. The third-order valence-electron chi connectivity index (χ3n) is 3.42. The van der Waals surface area contributed by atoms with E-state index in [1.807, 2.05) is 31.3 Å². The normalized spacial score (nSPS) is 19.6. The monoisotopic (exact) mass is 243 g/mol. The van der Waals surface area contributed by atoms with Gasteiger partial charge in [0.2, 0.25) is 5.95 Å². The molecule has 18 heavy (non-hydrogen) atoms. The molecule has 1 aliphatic rings. The van der Waals surface area contributed by atoms with Gasteiger partial charge in [-0.1, -0.05) is 12.1 Å². The van der Waals surface area contributed by atoms with Gasteiger partial charge in [0.15, 0.2) is 0 Å². The minimum Gasteiger partial charge on any atom is -0.335 e. The van der Waals surface area contributed by atoms with Crippen LogP contribution < -0.4 is 10.2 Å². The zero-order chi connectivity index (χ0) is 12.4.